The Balaban J connectivity index is 2.49. The summed E-state index contributed by atoms with van der Waals surface area (Å²) in [6, 6.07) is 0.424. The van der Waals surface area contributed by atoms with E-state index in [9.17, 15) is 4.57 Å². The highest BCUT2D eigenvalue weighted by Gasteiger charge is 2.37. The van der Waals surface area contributed by atoms with E-state index in [2.05, 4.69) is 38.3 Å². The zero-order chi connectivity index (χ0) is 16.1. The first-order valence-corrected chi connectivity index (χ1v) is 9.75. The number of nitrogens with one attached hydrogen (secondary N) is 2. The molecule has 0 aromatic carbocycles. The summed E-state index contributed by atoms with van der Waals surface area (Å²) in [6.45, 7) is 14.1. The van der Waals surface area contributed by atoms with Crippen molar-refractivity contribution in [2.24, 2.45) is 0 Å². The molecule has 0 aromatic rings. The largest absolute Gasteiger partial charge is 0.331 e. The highest BCUT2D eigenvalue weighted by molar-refractivity contribution is 7.53. The summed E-state index contributed by atoms with van der Waals surface area (Å²) < 4.78 is 23.1. The van der Waals surface area contributed by atoms with Gasteiger partial charge in [-0.2, -0.15) is 0 Å². The van der Waals surface area contributed by atoms with Gasteiger partial charge in [-0.25, -0.2) is 0 Å². The lowest BCUT2D eigenvalue weighted by molar-refractivity contribution is 0.147. The predicted molar refractivity (Wildman–Crippen MR) is 88.0 cm³/mol. The molecular formula is C15H33N2O3P. The first-order chi connectivity index (χ1) is 9.61. The Morgan fingerprint density at radius 3 is 2.00 bits per heavy atom. The SMILES string of the molecule is CCOP(=O)(CCNC1CC(C)(C)NC(C)(C)C1)OCC. The Morgan fingerprint density at radius 1 is 1.10 bits per heavy atom. The molecule has 21 heavy (non-hydrogen) atoms. The van der Waals surface area contributed by atoms with Crippen molar-refractivity contribution in [2.75, 3.05) is 25.9 Å². The standard InChI is InChI=1S/C15H33N2O3P/c1-7-19-21(18,20-8-2)10-9-16-13-11-14(3,4)17-15(5,6)12-13/h13,16-17H,7-12H2,1-6H3. The second-order valence-corrected chi connectivity index (χ2v) is 9.31. The minimum absolute atomic E-state index is 0.114. The Hall–Kier alpha value is 0.0700. The summed E-state index contributed by atoms with van der Waals surface area (Å²) in [7, 11) is -2.93. The van der Waals surface area contributed by atoms with Gasteiger partial charge in [0.15, 0.2) is 0 Å². The molecule has 126 valence electrons. The molecule has 0 aromatic heterocycles. The third kappa shape index (κ3) is 6.79. The zero-order valence-corrected chi connectivity index (χ0v) is 15.4. The Labute approximate surface area is 130 Å². The van der Waals surface area contributed by atoms with Crippen LogP contribution in [0, 0.1) is 0 Å². The smallest absolute Gasteiger partial charge is 0.313 e. The van der Waals surface area contributed by atoms with E-state index >= 15 is 0 Å². The van der Waals surface area contributed by atoms with Crippen LogP contribution in [0.25, 0.3) is 0 Å². The van der Waals surface area contributed by atoms with Crippen LogP contribution in [0.5, 0.6) is 0 Å². The topological polar surface area (TPSA) is 59.6 Å². The van der Waals surface area contributed by atoms with Crippen LogP contribution in [0.15, 0.2) is 0 Å². The number of hydrogen-bond donors (Lipinski definition) is 2. The van der Waals surface area contributed by atoms with Crippen LogP contribution in [0.2, 0.25) is 0 Å². The first kappa shape index (κ1) is 19.1. The number of hydrogen-bond acceptors (Lipinski definition) is 5. The van der Waals surface area contributed by atoms with Crippen LogP contribution in [0.4, 0.5) is 0 Å². The van der Waals surface area contributed by atoms with Crippen LogP contribution in [-0.2, 0) is 13.6 Å². The van der Waals surface area contributed by atoms with Crippen molar-refractivity contribution in [3.05, 3.63) is 0 Å². The van der Waals surface area contributed by atoms with Gasteiger partial charge >= 0.3 is 7.60 Å². The lowest BCUT2D eigenvalue weighted by atomic mass is 9.79. The van der Waals surface area contributed by atoms with E-state index in [0.29, 0.717) is 32.0 Å². The third-order valence-electron chi connectivity index (χ3n) is 3.66. The minimum atomic E-state index is -2.93. The molecule has 0 radical (unpaired) electrons. The molecule has 0 aliphatic carbocycles. The Morgan fingerprint density at radius 2 is 1.57 bits per heavy atom. The summed E-state index contributed by atoms with van der Waals surface area (Å²) in [6.07, 6.45) is 2.55. The van der Waals surface area contributed by atoms with Gasteiger partial charge in [0.2, 0.25) is 0 Å². The molecule has 0 saturated carbocycles. The van der Waals surface area contributed by atoms with Crippen LogP contribution in [-0.4, -0.2) is 43.0 Å². The maximum Gasteiger partial charge on any atom is 0.331 e. The van der Waals surface area contributed by atoms with Gasteiger partial charge in [0.1, 0.15) is 0 Å². The Bertz CT molecular complexity index is 346. The highest BCUT2D eigenvalue weighted by Crippen LogP contribution is 2.47. The van der Waals surface area contributed by atoms with Crippen LogP contribution >= 0.6 is 7.60 Å². The molecule has 0 unspecified atom stereocenters. The monoisotopic (exact) mass is 320 g/mol. The van der Waals surface area contributed by atoms with Gasteiger partial charge < -0.3 is 19.7 Å². The van der Waals surface area contributed by atoms with E-state index in [1.165, 1.54) is 0 Å². The quantitative estimate of drug-likeness (QED) is 0.673. The molecule has 0 atom stereocenters. The van der Waals surface area contributed by atoms with Gasteiger partial charge in [0.25, 0.3) is 0 Å². The molecule has 1 rings (SSSR count). The molecule has 2 N–H and O–H groups in total. The summed E-state index contributed by atoms with van der Waals surface area (Å²) in [5, 5.41) is 7.20. The fraction of sp³-hybridized carbons (Fsp3) is 1.00. The van der Waals surface area contributed by atoms with Crippen molar-refractivity contribution in [3.8, 4) is 0 Å². The van der Waals surface area contributed by atoms with Crippen LogP contribution in [0.1, 0.15) is 54.4 Å². The van der Waals surface area contributed by atoms with E-state index in [4.69, 9.17) is 9.05 Å². The molecule has 5 nitrogen and oxygen atoms in total. The molecule has 1 aliphatic heterocycles. The van der Waals surface area contributed by atoms with Crippen molar-refractivity contribution in [3.63, 3.8) is 0 Å². The average molecular weight is 320 g/mol. The van der Waals surface area contributed by atoms with Crippen LogP contribution < -0.4 is 10.6 Å². The first-order valence-electron chi connectivity index (χ1n) is 8.02. The van der Waals surface area contributed by atoms with Gasteiger partial charge in [0, 0.05) is 23.7 Å². The summed E-state index contributed by atoms with van der Waals surface area (Å²) in [5.41, 5.74) is 0.228. The highest BCUT2D eigenvalue weighted by atomic mass is 31.2. The maximum absolute atomic E-state index is 12.4. The number of piperidine rings is 1. The molecule has 1 heterocycles. The predicted octanol–water partition coefficient (Wildman–Crippen LogP) is 3.15. The summed E-state index contributed by atoms with van der Waals surface area (Å²) in [4.78, 5) is 0. The van der Waals surface area contributed by atoms with Crippen molar-refractivity contribution >= 4 is 7.60 Å². The molecule has 0 bridgehead atoms. The van der Waals surface area contributed by atoms with E-state index in [0.717, 1.165) is 12.8 Å². The molecule has 6 heteroatoms. The van der Waals surface area contributed by atoms with Gasteiger partial charge in [-0.1, -0.05) is 0 Å². The van der Waals surface area contributed by atoms with Gasteiger partial charge in [-0.3, -0.25) is 4.57 Å². The van der Waals surface area contributed by atoms with Gasteiger partial charge in [-0.15, -0.1) is 0 Å². The maximum atomic E-state index is 12.4. The van der Waals surface area contributed by atoms with Gasteiger partial charge in [0.05, 0.1) is 19.4 Å². The molecule has 1 saturated heterocycles. The van der Waals surface area contributed by atoms with Crippen molar-refractivity contribution < 1.29 is 13.6 Å². The minimum Gasteiger partial charge on any atom is -0.313 e. The molecule has 1 aliphatic rings. The van der Waals surface area contributed by atoms with Crippen LogP contribution in [0.3, 0.4) is 0 Å². The van der Waals surface area contributed by atoms with E-state index in [1.807, 2.05) is 13.8 Å². The zero-order valence-electron chi connectivity index (χ0n) is 14.5. The third-order valence-corrected chi connectivity index (χ3v) is 5.73. The fourth-order valence-corrected chi connectivity index (χ4v) is 4.95. The summed E-state index contributed by atoms with van der Waals surface area (Å²) >= 11 is 0. The lowest BCUT2D eigenvalue weighted by Crippen LogP contribution is -2.61. The second-order valence-electron chi connectivity index (χ2n) is 7.12. The van der Waals surface area contributed by atoms with Gasteiger partial charge in [-0.05, 0) is 54.4 Å². The van der Waals surface area contributed by atoms with Crippen molar-refractivity contribution in [2.45, 2.75) is 71.5 Å². The molecule has 0 amide bonds. The van der Waals surface area contributed by atoms with Crippen molar-refractivity contribution in [1.82, 2.24) is 10.6 Å². The summed E-state index contributed by atoms with van der Waals surface area (Å²) in [5.74, 6) is 0. The van der Waals surface area contributed by atoms with E-state index in [-0.39, 0.29) is 11.1 Å². The lowest BCUT2D eigenvalue weighted by Gasteiger charge is -2.46. The second kappa shape index (κ2) is 7.56. The fourth-order valence-electron chi connectivity index (χ4n) is 3.43. The molecule has 1 fully saturated rings. The normalized spacial score (nSPS) is 22.4. The average Bonchev–Trinajstić information content (AvgIpc) is 2.24. The Kier molecular flexibility index (Phi) is 6.88. The molecular weight excluding hydrogens is 287 g/mol. The van der Waals surface area contributed by atoms with E-state index in [1.54, 1.807) is 0 Å². The molecule has 0 spiro atoms. The van der Waals surface area contributed by atoms with Crippen molar-refractivity contribution in [1.29, 1.82) is 0 Å². The van der Waals surface area contributed by atoms with E-state index < -0.39 is 7.60 Å². The number of rotatable bonds is 8.